The highest BCUT2D eigenvalue weighted by Gasteiger charge is 2.45. The van der Waals surface area contributed by atoms with Gasteiger partial charge in [0.15, 0.2) is 0 Å². The van der Waals surface area contributed by atoms with Crippen molar-refractivity contribution in [1.29, 1.82) is 0 Å². The molecule has 28 heavy (non-hydrogen) atoms. The summed E-state index contributed by atoms with van der Waals surface area (Å²) in [6.45, 7) is 8.71. The van der Waals surface area contributed by atoms with Gasteiger partial charge in [0.1, 0.15) is 0 Å². The Balaban J connectivity index is 2.38. The molecule has 0 bridgehead atoms. The third-order valence-corrected chi connectivity index (χ3v) is 5.72. The zero-order valence-electron chi connectivity index (χ0n) is 17.9. The summed E-state index contributed by atoms with van der Waals surface area (Å²) in [4.78, 5) is 12.8. The normalized spacial score (nSPS) is 14.8. The van der Waals surface area contributed by atoms with Crippen molar-refractivity contribution in [3.05, 3.63) is 71.8 Å². The maximum absolute atomic E-state index is 12.8. The Morgan fingerprint density at radius 2 is 1.39 bits per heavy atom. The monoisotopic (exact) mass is 380 g/mol. The summed E-state index contributed by atoms with van der Waals surface area (Å²) in [7, 11) is 0. The molecule has 0 radical (unpaired) electrons. The van der Waals surface area contributed by atoms with Crippen LogP contribution in [0.5, 0.6) is 0 Å². The van der Waals surface area contributed by atoms with E-state index < -0.39 is 11.4 Å². The predicted octanol–water partition coefficient (Wildman–Crippen LogP) is 6.64. The van der Waals surface area contributed by atoms with E-state index in [4.69, 9.17) is 0 Å². The van der Waals surface area contributed by atoms with Crippen LogP contribution in [0, 0.1) is 23.2 Å². The van der Waals surface area contributed by atoms with E-state index >= 15 is 0 Å². The van der Waals surface area contributed by atoms with Gasteiger partial charge < -0.3 is 5.11 Å². The average Bonchev–Trinajstić information content (AvgIpc) is 2.65. The first kappa shape index (κ1) is 22.2. The average molecular weight is 381 g/mol. The molecule has 0 spiro atoms. The lowest BCUT2D eigenvalue weighted by Gasteiger charge is -2.40. The summed E-state index contributed by atoms with van der Waals surface area (Å²) in [5.74, 6) is 0.324. The minimum atomic E-state index is -0.728. The van der Waals surface area contributed by atoms with Crippen molar-refractivity contribution in [1.82, 2.24) is 0 Å². The molecule has 0 aliphatic rings. The van der Waals surface area contributed by atoms with Crippen LogP contribution in [0.1, 0.15) is 58.1 Å². The smallest absolute Gasteiger partial charge is 0.310 e. The standard InChI is InChI=1S/C26H36O2/c1-20(2)17-24(16-15-22-11-7-5-8-12-22)26(25(27)28,18-21(3)4)19-23-13-9-6-10-14-23/h5-14,20-21,24H,15-19H2,1-4H3,(H,27,28). The van der Waals surface area contributed by atoms with E-state index in [0.717, 1.165) is 24.8 Å². The molecule has 152 valence electrons. The maximum atomic E-state index is 12.8. The Bertz CT molecular complexity index is 706. The van der Waals surface area contributed by atoms with E-state index in [1.165, 1.54) is 5.56 Å². The number of aryl methyl sites for hydroxylation is 1. The lowest BCUT2D eigenvalue weighted by atomic mass is 9.63. The van der Waals surface area contributed by atoms with Crippen LogP contribution in [-0.2, 0) is 17.6 Å². The van der Waals surface area contributed by atoms with Crippen molar-refractivity contribution >= 4 is 5.97 Å². The molecule has 0 aliphatic heterocycles. The predicted molar refractivity (Wildman–Crippen MR) is 117 cm³/mol. The van der Waals surface area contributed by atoms with Gasteiger partial charge in [0, 0.05) is 0 Å². The van der Waals surface area contributed by atoms with Gasteiger partial charge in [0.2, 0.25) is 0 Å². The van der Waals surface area contributed by atoms with Crippen LogP contribution >= 0.6 is 0 Å². The van der Waals surface area contributed by atoms with Crippen molar-refractivity contribution in [3.8, 4) is 0 Å². The molecule has 2 unspecified atom stereocenters. The molecular weight excluding hydrogens is 344 g/mol. The SMILES string of the molecule is CC(C)CC(CCc1ccccc1)C(Cc1ccccc1)(CC(C)C)C(=O)O. The Morgan fingerprint density at radius 1 is 0.857 bits per heavy atom. The number of rotatable bonds is 11. The zero-order valence-corrected chi connectivity index (χ0v) is 17.9. The minimum absolute atomic E-state index is 0.146. The summed E-state index contributed by atoms with van der Waals surface area (Å²) in [5.41, 5.74) is 1.69. The van der Waals surface area contributed by atoms with E-state index in [1.54, 1.807) is 0 Å². The van der Waals surface area contributed by atoms with Crippen LogP contribution < -0.4 is 0 Å². The molecule has 2 atom stereocenters. The molecule has 0 aliphatic carbocycles. The van der Waals surface area contributed by atoms with Crippen LogP contribution in [0.15, 0.2) is 60.7 Å². The summed E-state index contributed by atoms with van der Waals surface area (Å²) < 4.78 is 0. The van der Waals surface area contributed by atoms with E-state index in [1.807, 2.05) is 24.3 Å². The Kier molecular flexibility index (Phi) is 8.29. The zero-order chi connectivity index (χ0) is 20.6. The van der Waals surface area contributed by atoms with Crippen LogP contribution in [0.3, 0.4) is 0 Å². The number of hydrogen-bond donors (Lipinski definition) is 1. The summed E-state index contributed by atoms with van der Waals surface area (Å²) in [5, 5.41) is 10.5. The van der Waals surface area contributed by atoms with E-state index in [2.05, 4.69) is 64.1 Å². The molecule has 2 heteroatoms. The van der Waals surface area contributed by atoms with Gasteiger partial charge in [-0.3, -0.25) is 4.79 Å². The maximum Gasteiger partial charge on any atom is 0.310 e. The fraction of sp³-hybridized carbons (Fsp3) is 0.500. The van der Waals surface area contributed by atoms with Crippen LogP contribution in [0.2, 0.25) is 0 Å². The topological polar surface area (TPSA) is 37.3 Å². The number of carboxylic acid groups (broad SMARTS) is 1. The van der Waals surface area contributed by atoms with Gasteiger partial charge >= 0.3 is 5.97 Å². The van der Waals surface area contributed by atoms with Gasteiger partial charge in [-0.05, 0) is 61.0 Å². The lowest BCUT2D eigenvalue weighted by molar-refractivity contribution is -0.155. The van der Waals surface area contributed by atoms with E-state index in [0.29, 0.717) is 24.7 Å². The van der Waals surface area contributed by atoms with Crippen molar-refractivity contribution in [2.75, 3.05) is 0 Å². The Morgan fingerprint density at radius 3 is 1.86 bits per heavy atom. The quantitative estimate of drug-likeness (QED) is 0.474. The highest BCUT2D eigenvalue weighted by molar-refractivity contribution is 5.75. The number of hydrogen-bond acceptors (Lipinski definition) is 1. The molecular formula is C26H36O2. The van der Waals surface area contributed by atoms with Crippen molar-refractivity contribution in [2.45, 2.75) is 59.8 Å². The minimum Gasteiger partial charge on any atom is -0.481 e. The van der Waals surface area contributed by atoms with Crippen LogP contribution in [-0.4, -0.2) is 11.1 Å². The van der Waals surface area contributed by atoms with Gasteiger partial charge in [-0.2, -0.15) is 0 Å². The summed E-state index contributed by atoms with van der Waals surface area (Å²) >= 11 is 0. The molecule has 2 aromatic carbocycles. The molecule has 0 saturated heterocycles. The van der Waals surface area contributed by atoms with Crippen LogP contribution in [0.25, 0.3) is 0 Å². The fourth-order valence-electron chi connectivity index (χ4n) is 4.58. The molecule has 0 aromatic heterocycles. The molecule has 0 saturated carbocycles. The second kappa shape index (κ2) is 10.5. The van der Waals surface area contributed by atoms with Crippen molar-refractivity contribution in [2.24, 2.45) is 23.2 Å². The van der Waals surface area contributed by atoms with E-state index in [-0.39, 0.29) is 5.92 Å². The van der Waals surface area contributed by atoms with E-state index in [9.17, 15) is 9.90 Å². The second-order valence-electron chi connectivity index (χ2n) is 9.07. The lowest BCUT2D eigenvalue weighted by Crippen LogP contribution is -2.43. The van der Waals surface area contributed by atoms with Gasteiger partial charge in [-0.1, -0.05) is 88.4 Å². The molecule has 0 amide bonds. The fourth-order valence-corrected chi connectivity index (χ4v) is 4.58. The molecule has 2 nitrogen and oxygen atoms in total. The third-order valence-electron chi connectivity index (χ3n) is 5.72. The second-order valence-corrected chi connectivity index (χ2v) is 9.07. The highest BCUT2D eigenvalue weighted by Crippen LogP contribution is 2.44. The number of carboxylic acids is 1. The largest absolute Gasteiger partial charge is 0.481 e. The van der Waals surface area contributed by atoms with Crippen molar-refractivity contribution < 1.29 is 9.90 Å². The molecule has 0 heterocycles. The first-order valence-corrected chi connectivity index (χ1v) is 10.6. The summed E-state index contributed by atoms with van der Waals surface area (Å²) in [6, 6.07) is 20.6. The van der Waals surface area contributed by atoms with Gasteiger partial charge in [0.25, 0.3) is 0 Å². The van der Waals surface area contributed by atoms with Gasteiger partial charge in [0.05, 0.1) is 5.41 Å². The summed E-state index contributed by atoms with van der Waals surface area (Å²) in [6.07, 6.45) is 4.10. The third kappa shape index (κ3) is 6.22. The first-order chi connectivity index (χ1) is 13.3. The van der Waals surface area contributed by atoms with Crippen LogP contribution in [0.4, 0.5) is 0 Å². The molecule has 1 N–H and O–H groups in total. The van der Waals surface area contributed by atoms with Gasteiger partial charge in [-0.15, -0.1) is 0 Å². The molecule has 2 rings (SSSR count). The number of carbonyl (C=O) groups is 1. The van der Waals surface area contributed by atoms with Crippen molar-refractivity contribution in [3.63, 3.8) is 0 Å². The number of aliphatic carboxylic acids is 1. The Hall–Kier alpha value is -2.09. The van der Waals surface area contributed by atoms with Gasteiger partial charge in [-0.25, -0.2) is 0 Å². The first-order valence-electron chi connectivity index (χ1n) is 10.6. The molecule has 2 aromatic rings. The number of benzene rings is 2. The highest BCUT2D eigenvalue weighted by atomic mass is 16.4. The molecule has 0 fully saturated rings. The Labute approximate surface area is 171 Å².